The number of methoxy groups -OCH3 is 2. The molecule has 2 aromatic rings. The lowest BCUT2D eigenvalue weighted by Crippen LogP contribution is -2.46. The molecule has 0 aromatic heterocycles. The van der Waals surface area contributed by atoms with E-state index in [0.29, 0.717) is 6.04 Å². The zero-order chi connectivity index (χ0) is 22.2. The van der Waals surface area contributed by atoms with Gasteiger partial charge in [-0.1, -0.05) is 48.6 Å². The summed E-state index contributed by atoms with van der Waals surface area (Å²) in [6, 6.07) is 17.9. The number of ether oxygens (including phenoxy) is 2. The van der Waals surface area contributed by atoms with Crippen molar-refractivity contribution in [1.29, 1.82) is 0 Å². The molecule has 4 nitrogen and oxygen atoms in total. The van der Waals surface area contributed by atoms with Crippen LogP contribution in [0, 0.1) is 5.92 Å². The average Bonchev–Trinajstić information content (AvgIpc) is 3.27. The number of benzene rings is 2. The van der Waals surface area contributed by atoms with Crippen LogP contribution < -0.4 is 4.74 Å². The molecule has 32 heavy (non-hydrogen) atoms. The Morgan fingerprint density at radius 1 is 1.03 bits per heavy atom. The molecule has 0 radical (unpaired) electrons. The van der Waals surface area contributed by atoms with Crippen molar-refractivity contribution in [2.45, 2.75) is 31.7 Å². The summed E-state index contributed by atoms with van der Waals surface area (Å²) in [5.74, 6) is 1.63. The predicted octanol–water partition coefficient (Wildman–Crippen LogP) is 4.54. The van der Waals surface area contributed by atoms with E-state index in [-0.39, 0.29) is 0 Å². The second-order valence-corrected chi connectivity index (χ2v) is 9.26. The highest BCUT2D eigenvalue weighted by molar-refractivity contribution is 5.50. The minimum absolute atomic E-state index is 0.692. The molecule has 1 saturated heterocycles. The van der Waals surface area contributed by atoms with Crippen LogP contribution in [0.3, 0.4) is 0 Å². The maximum Gasteiger partial charge on any atom is 0.118 e. The van der Waals surface area contributed by atoms with Gasteiger partial charge in [0, 0.05) is 39.3 Å². The predicted molar refractivity (Wildman–Crippen MR) is 132 cm³/mol. The zero-order valence-electron chi connectivity index (χ0n) is 19.7. The average molecular weight is 435 g/mol. The molecule has 4 rings (SSSR count). The second-order valence-electron chi connectivity index (χ2n) is 9.26. The van der Waals surface area contributed by atoms with E-state index in [0.717, 1.165) is 37.9 Å². The molecule has 1 heterocycles. The molecule has 1 aliphatic heterocycles. The number of rotatable bonds is 10. The zero-order valence-corrected chi connectivity index (χ0v) is 19.7. The van der Waals surface area contributed by atoms with Crippen molar-refractivity contribution in [2.24, 2.45) is 5.92 Å². The van der Waals surface area contributed by atoms with Crippen molar-refractivity contribution in [2.75, 3.05) is 53.6 Å². The third-order valence-corrected chi connectivity index (χ3v) is 7.01. The molecule has 1 atom stereocenters. The first-order valence-electron chi connectivity index (χ1n) is 12.1. The second kappa shape index (κ2) is 11.6. The normalized spacial score (nSPS) is 19.7. The van der Waals surface area contributed by atoms with Crippen LogP contribution in [0.4, 0.5) is 0 Å². The number of fused-ring (bicyclic) bond motifs is 1. The van der Waals surface area contributed by atoms with Crippen molar-refractivity contribution in [3.63, 3.8) is 0 Å². The summed E-state index contributed by atoms with van der Waals surface area (Å²) in [4.78, 5) is 5.33. The Morgan fingerprint density at radius 2 is 1.78 bits per heavy atom. The van der Waals surface area contributed by atoms with Gasteiger partial charge in [-0.05, 0) is 67.0 Å². The van der Waals surface area contributed by atoms with Crippen molar-refractivity contribution in [1.82, 2.24) is 9.80 Å². The fourth-order valence-corrected chi connectivity index (χ4v) is 5.27. The van der Waals surface area contributed by atoms with Crippen LogP contribution in [0.1, 0.15) is 29.5 Å². The Kier molecular flexibility index (Phi) is 8.38. The van der Waals surface area contributed by atoms with Gasteiger partial charge in [0.2, 0.25) is 0 Å². The van der Waals surface area contributed by atoms with E-state index in [9.17, 15) is 0 Å². The molecular formula is C28H38N2O2. The lowest BCUT2D eigenvalue weighted by Gasteiger charge is -2.38. The van der Waals surface area contributed by atoms with Gasteiger partial charge >= 0.3 is 0 Å². The molecule has 1 fully saturated rings. The minimum Gasteiger partial charge on any atom is -0.497 e. The molecule has 0 spiro atoms. The molecule has 1 aliphatic carbocycles. The highest BCUT2D eigenvalue weighted by Gasteiger charge is 2.30. The van der Waals surface area contributed by atoms with Crippen LogP contribution in [0.15, 0.2) is 54.6 Å². The van der Waals surface area contributed by atoms with Gasteiger partial charge in [-0.3, -0.25) is 9.80 Å². The van der Waals surface area contributed by atoms with E-state index in [1.807, 2.05) is 12.1 Å². The van der Waals surface area contributed by atoms with Crippen molar-refractivity contribution in [3.8, 4) is 5.75 Å². The van der Waals surface area contributed by atoms with E-state index in [1.165, 1.54) is 44.3 Å². The minimum atomic E-state index is 0.692. The largest absolute Gasteiger partial charge is 0.497 e. The van der Waals surface area contributed by atoms with Gasteiger partial charge in [-0.2, -0.15) is 0 Å². The third kappa shape index (κ3) is 6.22. The van der Waals surface area contributed by atoms with Gasteiger partial charge < -0.3 is 9.47 Å². The van der Waals surface area contributed by atoms with E-state index in [1.54, 1.807) is 25.3 Å². The van der Waals surface area contributed by atoms with E-state index in [4.69, 9.17) is 9.47 Å². The number of likely N-dealkylation sites (tertiary alicyclic amines) is 1. The van der Waals surface area contributed by atoms with Crippen LogP contribution in [0.5, 0.6) is 5.75 Å². The molecule has 0 N–H and O–H groups in total. The van der Waals surface area contributed by atoms with Crippen molar-refractivity contribution < 1.29 is 9.47 Å². The summed E-state index contributed by atoms with van der Waals surface area (Å²) < 4.78 is 10.7. The Labute approximate surface area is 193 Å². The van der Waals surface area contributed by atoms with Gasteiger partial charge in [0.1, 0.15) is 5.75 Å². The third-order valence-electron chi connectivity index (χ3n) is 7.01. The van der Waals surface area contributed by atoms with Gasteiger partial charge in [-0.15, -0.1) is 0 Å². The van der Waals surface area contributed by atoms with E-state index < -0.39 is 0 Å². The number of hydrogen-bond acceptors (Lipinski definition) is 4. The molecule has 0 saturated carbocycles. The fourth-order valence-electron chi connectivity index (χ4n) is 5.27. The van der Waals surface area contributed by atoms with Crippen molar-refractivity contribution in [3.05, 3.63) is 71.3 Å². The van der Waals surface area contributed by atoms with Gasteiger partial charge in [0.25, 0.3) is 0 Å². The molecular weight excluding hydrogens is 396 g/mol. The van der Waals surface area contributed by atoms with E-state index in [2.05, 4.69) is 58.4 Å². The molecule has 0 amide bonds. The van der Waals surface area contributed by atoms with Crippen LogP contribution in [-0.2, 0) is 17.6 Å². The summed E-state index contributed by atoms with van der Waals surface area (Å²) in [5, 5.41) is 0. The highest BCUT2D eigenvalue weighted by Crippen LogP contribution is 2.29. The maximum atomic E-state index is 5.40. The quantitative estimate of drug-likeness (QED) is 0.548. The summed E-state index contributed by atoms with van der Waals surface area (Å²) >= 11 is 0. The summed E-state index contributed by atoms with van der Waals surface area (Å²) in [5.41, 5.74) is 4.33. The summed E-state index contributed by atoms with van der Waals surface area (Å²) in [7, 11) is 3.50. The van der Waals surface area contributed by atoms with Crippen LogP contribution >= 0.6 is 0 Å². The molecule has 0 bridgehead atoms. The molecule has 4 heteroatoms. The monoisotopic (exact) mass is 434 g/mol. The Balaban J connectivity index is 1.31. The molecule has 2 aliphatic rings. The smallest absolute Gasteiger partial charge is 0.118 e. The Morgan fingerprint density at radius 3 is 2.47 bits per heavy atom. The SMILES string of the molecule is COCCN(CC=Cc1ccc(OC)cc1)CC1CCCN(C2Cc3ccccc3C2)C1. The van der Waals surface area contributed by atoms with Gasteiger partial charge in [-0.25, -0.2) is 0 Å². The van der Waals surface area contributed by atoms with Crippen LogP contribution in [0.2, 0.25) is 0 Å². The first-order chi connectivity index (χ1) is 15.7. The summed E-state index contributed by atoms with van der Waals surface area (Å²) in [6.45, 7) is 6.35. The van der Waals surface area contributed by atoms with Crippen LogP contribution in [-0.4, -0.2) is 69.4 Å². The first-order valence-corrected chi connectivity index (χ1v) is 12.1. The standard InChI is InChI=1S/C28H38N2O2/c1-31-18-17-29(15-5-7-23-11-13-28(32-2)14-12-23)21-24-8-6-16-30(22-24)27-19-25-9-3-4-10-26(25)20-27/h3-5,7,9-14,24,27H,6,8,15-22H2,1-2H3. The summed E-state index contributed by atoms with van der Waals surface area (Å²) in [6.07, 6.45) is 9.59. The topological polar surface area (TPSA) is 24.9 Å². The highest BCUT2D eigenvalue weighted by atomic mass is 16.5. The first kappa shape index (κ1) is 23.0. The molecule has 2 aromatic carbocycles. The van der Waals surface area contributed by atoms with E-state index >= 15 is 0 Å². The maximum absolute atomic E-state index is 5.40. The molecule has 1 unspecified atom stereocenters. The fraction of sp³-hybridized carbons (Fsp3) is 0.500. The van der Waals surface area contributed by atoms with Crippen molar-refractivity contribution >= 4 is 6.08 Å². The van der Waals surface area contributed by atoms with Gasteiger partial charge in [0.05, 0.1) is 13.7 Å². The lowest BCUT2D eigenvalue weighted by atomic mass is 9.95. The van der Waals surface area contributed by atoms with Crippen LogP contribution in [0.25, 0.3) is 6.08 Å². The van der Waals surface area contributed by atoms with Gasteiger partial charge in [0.15, 0.2) is 0 Å². The Bertz CT molecular complexity index is 839. The molecule has 172 valence electrons. The Hall–Kier alpha value is -2.14. The number of piperidine rings is 1. The lowest BCUT2D eigenvalue weighted by molar-refractivity contribution is 0.0916. The number of nitrogens with zero attached hydrogens (tertiary/aromatic N) is 2. The number of hydrogen-bond donors (Lipinski definition) is 0.